The molecule has 24 heavy (non-hydrogen) atoms. The van der Waals surface area contributed by atoms with Crippen LogP contribution in [0.3, 0.4) is 0 Å². The average Bonchev–Trinajstić information content (AvgIpc) is 3.38. The number of amides is 1. The highest BCUT2D eigenvalue weighted by atomic mass is 16.5. The molecule has 1 amide bonds. The van der Waals surface area contributed by atoms with Gasteiger partial charge in [0.15, 0.2) is 0 Å². The number of rotatable bonds is 4. The lowest BCUT2D eigenvalue weighted by atomic mass is 10.1. The van der Waals surface area contributed by atoms with E-state index in [0.29, 0.717) is 11.3 Å². The van der Waals surface area contributed by atoms with Crippen molar-refractivity contribution in [3.8, 4) is 0 Å². The van der Waals surface area contributed by atoms with Crippen LogP contribution in [-0.2, 0) is 0 Å². The van der Waals surface area contributed by atoms with Gasteiger partial charge in [-0.15, -0.1) is 0 Å². The Morgan fingerprint density at radius 2 is 2.17 bits per heavy atom. The summed E-state index contributed by atoms with van der Waals surface area (Å²) in [5.74, 6) is -0.0225. The van der Waals surface area contributed by atoms with Crippen molar-refractivity contribution in [3.63, 3.8) is 0 Å². The molecule has 1 aliphatic carbocycles. The summed E-state index contributed by atoms with van der Waals surface area (Å²) in [6.45, 7) is 3.87. The van der Waals surface area contributed by atoms with E-state index in [1.54, 1.807) is 12.4 Å². The third-order valence-corrected chi connectivity index (χ3v) is 4.46. The van der Waals surface area contributed by atoms with Gasteiger partial charge in [0.25, 0.3) is 11.6 Å². The summed E-state index contributed by atoms with van der Waals surface area (Å²) >= 11 is 0. The van der Waals surface area contributed by atoms with Crippen molar-refractivity contribution in [2.45, 2.75) is 38.8 Å². The van der Waals surface area contributed by atoms with E-state index in [2.05, 4.69) is 15.1 Å². The van der Waals surface area contributed by atoms with Gasteiger partial charge < -0.3 is 9.42 Å². The van der Waals surface area contributed by atoms with E-state index in [0.717, 1.165) is 29.6 Å². The summed E-state index contributed by atoms with van der Waals surface area (Å²) in [5, 5.41) is 4.68. The highest BCUT2D eigenvalue weighted by molar-refractivity contribution is 5.97. The summed E-state index contributed by atoms with van der Waals surface area (Å²) in [5.41, 5.74) is 2.65. The lowest BCUT2D eigenvalue weighted by Crippen LogP contribution is -2.36. The molecule has 3 aromatic heterocycles. The fraction of sp³-hybridized carbons (Fsp3) is 0.333. The lowest BCUT2D eigenvalue weighted by molar-refractivity contribution is 0.0670. The Hall–Kier alpha value is -2.76. The molecule has 1 atom stereocenters. The van der Waals surface area contributed by atoms with Gasteiger partial charge in [-0.2, -0.15) is 0 Å². The molecular formula is C18H18N4O2. The summed E-state index contributed by atoms with van der Waals surface area (Å²) in [4.78, 5) is 23.7. The van der Waals surface area contributed by atoms with Gasteiger partial charge in [-0.3, -0.25) is 9.78 Å². The third kappa shape index (κ3) is 2.54. The minimum Gasteiger partial charge on any atom is -0.336 e. The van der Waals surface area contributed by atoms with Crippen LogP contribution in [0.2, 0.25) is 0 Å². The van der Waals surface area contributed by atoms with Gasteiger partial charge in [0.2, 0.25) is 0 Å². The molecule has 0 unspecified atom stereocenters. The minimum atomic E-state index is -0.0783. The molecule has 0 bridgehead atoms. The summed E-state index contributed by atoms with van der Waals surface area (Å²) in [6, 6.07) is 7.80. The predicted octanol–water partition coefficient (Wildman–Crippen LogP) is 3.29. The van der Waals surface area contributed by atoms with Crippen molar-refractivity contribution in [3.05, 3.63) is 53.6 Å². The second kappa shape index (κ2) is 5.70. The van der Waals surface area contributed by atoms with Gasteiger partial charge in [-0.1, -0.05) is 11.2 Å². The maximum absolute atomic E-state index is 13.1. The first-order valence-electron chi connectivity index (χ1n) is 8.11. The standard InChI is InChI=1S/C18H18N4O2/c1-11-15-9-13(10-20-17(15)24-21-11)18(23)22(14-6-7-14)12(2)16-5-3-4-8-19-16/h3-5,8-10,12,14H,6-7H2,1-2H3/t12-/m0/s1. The van der Waals surface area contributed by atoms with Crippen LogP contribution in [0.1, 0.15) is 47.6 Å². The SMILES string of the molecule is Cc1noc2ncc(C(=O)N(C3CC3)[C@@H](C)c3ccccn3)cc12. The molecule has 0 radical (unpaired) electrons. The summed E-state index contributed by atoms with van der Waals surface area (Å²) < 4.78 is 5.12. The zero-order chi connectivity index (χ0) is 16.7. The first-order chi connectivity index (χ1) is 11.6. The molecule has 0 saturated heterocycles. The Balaban J connectivity index is 1.69. The number of nitrogens with zero attached hydrogens (tertiary/aromatic N) is 4. The van der Waals surface area contributed by atoms with Crippen molar-refractivity contribution in [1.82, 2.24) is 20.0 Å². The largest absolute Gasteiger partial charge is 0.336 e. The normalized spacial score (nSPS) is 15.4. The van der Waals surface area contributed by atoms with Gasteiger partial charge in [-0.25, -0.2) is 4.98 Å². The number of aryl methyl sites for hydroxylation is 1. The Morgan fingerprint density at radius 3 is 2.88 bits per heavy atom. The molecule has 0 aliphatic heterocycles. The molecule has 0 spiro atoms. The average molecular weight is 322 g/mol. The fourth-order valence-corrected chi connectivity index (χ4v) is 2.99. The highest BCUT2D eigenvalue weighted by Crippen LogP contribution is 2.35. The molecule has 1 saturated carbocycles. The number of aromatic nitrogens is 3. The van der Waals surface area contributed by atoms with Crippen molar-refractivity contribution >= 4 is 17.0 Å². The molecule has 6 nitrogen and oxygen atoms in total. The lowest BCUT2D eigenvalue weighted by Gasteiger charge is -2.29. The number of hydrogen-bond acceptors (Lipinski definition) is 5. The first kappa shape index (κ1) is 14.8. The number of hydrogen-bond donors (Lipinski definition) is 0. The van der Waals surface area contributed by atoms with Crippen LogP contribution < -0.4 is 0 Å². The van der Waals surface area contributed by atoms with Crippen molar-refractivity contribution < 1.29 is 9.32 Å². The second-order valence-corrected chi connectivity index (χ2v) is 6.22. The third-order valence-electron chi connectivity index (χ3n) is 4.46. The van der Waals surface area contributed by atoms with Crippen LogP contribution in [0.4, 0.5) is 0 Å². The number of carbonyl (C=O) groups is 1. The Labute approximate surface area is 139 Å². The molecule has 1 fully saturated rings. The van der Waals surface area contributed by atoms with E-state index in [-0.39, 0.29) is 18.0 Å². The second-order valence-electron chi connectivity index (χ2n) is 6.22. The van der Waals surface area contributed by atoms with Gasteiger partial charge in [0, 0.05) is 18.4 Å². The van der Waals surface area contributed by atoms with Gasteiger partial charge in [0.1, 0.15) is 0 Å². The van der Waals surface area contributed by atoms with E-state index in [4.69, 9.17) is 4.52 Å². The molecule has 3 aromatic rings. The highest BCUT2D eigenvalue weighted by Gasteiger charge is 2.37. The maximum atomic E-state index is 13.1. The van der Waals surface area contributed by atoms with Crippen LogP contribution in [0.5, 0.6) is 0 Å². The Bertz CT molecular complexity index is 886. The fourth-order valence-electron chi connectivity index (χ4n) is 2.99. The van der Waals surface area contributed by atoms with E-state index >= 15 is 0 Å². The summed E-state index contributed by atoms with van der Waals surface area (Å²) in [7, 11) is 0. The van der Waals surface area contributed by atoms with Gasteiger partial charge in [-0.05, 0) is 44.9 Å². The van der Waals surface area contributed by atoms with E-state index in [1.807, 2.05) is 43.0 Å². The van der Waals surface area contributed by atoms with E-state index in [1.165, 1.54) is 0 Å². The molecule has 122 valence electrons. The maximum Gasteiger partial charge on any atom is 0.257 e. The molecule has 6 heteroatoms. The van der Waals surface area contributed by atoms with Gasteiger partial charge >= 0.3 is 0 Å². The van der Waals surface area contributed by atoms with Crippen molar-refractivity contribution in [1.29, 1.82) is 0 Å². The first-order valence-corrected chi connectivity index (χ1v) is 8.11. The Morgan fingerprint density at radius 1 is 1.33 bits per heavy atom. The molecular weight excluding hydrogens is 304 g/mol. The number of pyridine rings is 2. The number of carbonyl (C=O) groups excluding carboxylic acids is 1. The molecule has 1 aliphatic rings. The predicted molar refractivity (Wildman–Crippen MR) is 88.4 cm³/mol. The zero-order valence-corrected chi connectivity index (χ0v) is 13.6. The van der Waals surface area contributed by atoms with Crippen LogP contribution in [-0.4, -0.2) is 32.0 Å². The zero-order valence-electron chi connectivity index (χ0n) is 13.6. The van der Waals surface area contributed by atoms with Gasteiger partial charge in [0.05, 0.1) is 28.4 Å². The minimum absolute atomic E-state index is 0.0225. The van der Waals surface area contributed by atoms with Crippen LogP contribution in [0.15, 0.2) is 41.2 Å². The molecule has 0 aromatic carbocycles. The van der Waals surface area contributed by atoms with E-state index < -0.39 is 0 Å². The smallest absolute Gasteiger partial charge is 0.257 e. The topological polar surface area (TPSA) is 72.1 Å². The van der Waals surface area contributed by atoms with Crippen molar-refractivity contribution in [2.75, 3.05) is 0 Å². The van der Waals surface area contributed by atoms with E-state index in [9.17, 15) is 4.79 Å². The van der Waals surface area contributed by atoms with Crippen LogP contribution in [0.25, 0.3) is 11.1 Å². The monoisotopic (exact) mass is 322 g/mol. The van der Waals surface area contributed by atoms with Crippen molar-refractivity contribution in [2.24, 2.45) is 0 Å². The molecule has 3 heterocycles. The molecule has 0 N–H and O–H groups in total. The Kier molecular flexibility index (Phi) is 3.52. The quantitative estimate of drug-likeness (QED) is 0.737. The number of fused-ring (bicyclic) bond motifs is 1. The van der Waals surface area contributed by atoms with Crippen LogP contribution in [0, 0.1) is 6.92 Å². The van der Waals surface area contributed by atoms with Crippen LogP contribution >= 0.6 is 0 Å². The molecule has 4 rings (SSSR count). The summed E-state index contributed by atoms with van der Waals surface area (Å²) in [6.07, 6.45) is 5.39.